The van der Waals surface area contributed by atoms with Crippen LogP contribution in [0.25, 0.3) is 22.3 Å². The SMILES string of the molecule is Oc1cc(F)c(C2CC2)c(-c2nnc3c(N4C[C@H]5C[C@@H]4CN5)nc(C#CC45CCCN4CCC5)nc3c2F)c1. The van der Waals surface area contributed by atoms with Gasteiger partial charge >= 0.3 is 0 Å². The van der Waals surface area contributed by atoms with Crippen molar-refractivity contribution in [3.63, 3.8) is 0 Å². The van der Waals surface area contributed by atoms with Crippen molar-refractivity contribution in [2.75, 3.05) is 31.1 Å². The molecular formula is C29H29F2N7O. The monoisotopic (exact) mass is 529 g/mol. The molecule has 8 nitrogen and oxygen atoms in total. The van der Waals surface area contributed by atoms with Crippen LogP contribution in [-0.4, -0.2) is 74.0 Å². The van der Waals surface area contributed by atoms with Crippen molar-refractivity contribution >= 4 is 16.9 Å². The summed E-state index contributed by atoms with van der Waals surface area (Å²) in [5.41, 5.74) is 0.661. The average Bonchev–Trinajstić information content (AvgIpc) is 3.23. The molecule has 0 radical (unpaired) electrons. The summed E-state index contributed by atoms with van der Waals surface area (Å²) >= 11 is 0. The lowest BCUT2D eigenvalue weighted by Gasteiger charge is -2.29. The molecule has 0 unspecified atom stereocenters. The topological polar surface area (TPSA) is 90.3 Å². The number of nitrogens with zero attached hydrogens (tertiary/aromatic N) is 6. The molecular weight excluding hydrogens is 500 g/mol. The van der Waals surface area contributed by atoms with Crippen LogP contribution in [0.5, 0.6) is 5.75 Å². The van der Waals surface area contributed by atoms with E-state index < -0.39 is 11.6 Å². The van der Waals surface area contributed by atoms with E-state index >= 15 is 4.39 Å². The summed E-state index contributed by atoms with van der Waals surface area (Å²) in [4.78, 5) is 14.0. The van der Waals surface area contributed by atoms with E-state index in [1.807, 2.05) is 0 Å². The molecule has 2 bridgehead atoms. The Bertz CT molecular complexity index is 1570. The van der Waals surface area contributed by atoms with Crippen molar-refractivity contribution in [2.45, 2.75) is 68.5 Å². The fourth-order valence-electron chi connectivity index (χ4n) is 7.26. The molecule has 4 saturated heterocycles. The number of anilines is 1. The number of nitrogens with one attached hydrogen (secondary N) is 1. The molecule has 0 amide bonds. The van der Waals surface area contributed by atoms with Gasteiger partial charge in [-0.3, -0.25) is 4.90 Å². The molecule has 3 aromatic rings. The molecule has 2 aromatic heterocycles. The van der Waals surface area contributed by atoms with Crippen LogP contribution in [0.2, 0.25) is 0 Å². The quantitative estimate of drug-likeness (QED) is 0.499. The number of phenols is 1. The summed E-state index contributed by atoms with van der Waals surface area (Å²) in [5.74, 6) is 5.98. The summed E-state index contributed by atoms with van der Waals surface area (Å²) < 4.78 is 31.3. The second kappa shape index (κ2) is 8.54. The molecule has 8 rings (SSSR count). The smallest absolute Gasteiger partial charge is 0.207 e. The van der Waals surface area contributed by atoms with E-state index in [0.717, 1.165) is 77.2 Å². The number of halogens is 2. The van der Waals surface area contributed by atoms with Gasteiger partial charge in [0.25, 0.3) is 0 Å². The second-order valence-electron chi connectivity index (χ2n) is 11.7. The Morgan fingerprint density at radius 3 is 2.59 bits per heavy atom. The van der Waals surface area contributed by atoms with Crippen molar-refractivity contribution in [1.82, 2.24) is 30.4 Å². The van der Waals surface area contributed by atoms with Gasteiger partial charge in [0.05, 0.1) is 5.54 Å². The lowest BCUT2D eigenvalue weighted by atomic mass is 9.95. The van der Waals surface area contributed by atoms with Crippen LogP contribution in [0.1, 0.15) is 62.3 Å². The average molecular weight is 530 g/mol. The molecule has 1 saturated carbocycles. The van der Waals surface area contributed by atoms with Crippen molar-refractivity contribution in [3.05, 3.63) is 35.2 Å². The number of aromatic nitrogens is 4. The van der Waals surface area contributed by atoms with E-state index in [2.05, 4.69) is 42.1 Å². The highest BCUT2D eigenvalue weighted by Crippen LogP contribution is 2.47. The van der Waals surface area contributed by atoms with Crippen molar-refractivity contribution < 1.29 is 13.9 Å². The molecule has 39 heavy (non-hydrogen) atoms. The summed E-state index contributed by atoms with van der Waals surface area (Å²) in [7, 11) is 0. The number of phenolic OH excluding ortho intramolecular Hbond substituents is 1. The number of benzene rings is 1. The Morgan fingerprint density at radius 1 is 1.05 bits per heavy atom. The lowest BCUT2D eigenvalue weighted by Crippen LogP contribution is -2.44. The first-order valence-electron chi connectivity index (χ1n) is 14.0. The highest BCUT2D eigenvalue weighted by molar-refractivity contribution is 5.89. The fourth-order valence-corrected chi connectivity index (χ4v) is 7.26. The number of aromatic hydroxyl groups is 1. The number of rotatable bonds is 3. The van der Waals surface area contributed by atoms with E-state index in [9.17, 15) is 9.50 Å². The second-order valence-corrected chi connectivity index (χ2v) is 11.7. The van der Waals surface area contributed by atoms with Crippen LogP contribution in [-0.2, 0) is 0 Å². The Labute approximate surface area is 224 Å². The first-order valence-corrected chi connectivity index (χ1v) is 14.0. The van der Waals surface area contributed by atoms with Gasteiger partial charge in [0.2, 0.25) is 5.82 Å². The van der Waals surface area contributed by atoms with Crippen LogP contribution in [0.3, 0.4) is 0 Å². The van der Waals surface area contributed by atoms with Gasteiger partial charge in [-0.2, -0.15) is 0 Å². The van der Waals surface area contributed by atoms with Crippen LogP contribution in [0.4, 0.5) is 14.6 Å². The van der Waals surface area contributed by atoms with E-state index in [0.29, 0.717) is 17.4 Å². The lowest BCUT2D eigenvalue weighted by molar-refractivity contribution is 0.261. The zero-order valence-electron chi connectivity index (χ0n) is 21.6. The van der Waals surface area contributed by atoms with Crippen LogP contribution in [0.15, 0.2) is 12.1 Å². The zero-order valence-corrected chi connectivity index (χ0v) is 21.6. The van der Waals surface area contributed by atoms with Gasteiger partial charge < -0.3 is 15.3 Å². The van der Waals surface area contributed by atoms with Crippen molar-refractivity contribution in [1.29, 1.82) is 0 Å². The highest BCUT2D eigenvalue weighted by Gasteiger charge is 2.43. The molecule has 5 fully saturated rings. The summed E-state index contributed by atoms with van der Waals surface area (Å²) in [6.45, 7) is 3.69. The molecule has 5 aliphatic rings. The molecule has 2 atom stereocenters. The Hall–Kier alpha value is -3.42. The number of hydrogen-bond donors (Lipinski definition) is 2. The van der Waals surface area contributed by atoms with Crippen LogP contribution in [0, 0.1) is 23.5 Å². The third-order valence-electron chi connectivity index (χ3n) is 9.26. The van der Waals surface area contributed by atoms with Gasteiger partial charge in [-0.25, -0.2) is 18.7 Å². The van der Waals surface area contributed by atoms with Crippen LogP contribution >= 0.6 is 0 Å². The molecule has 0 spiro atoms. The normalized spacial score (nSPS) is 25.3. The van der Waals surface area contributed by atoms with Crippen molar-refractivity contribution in [2.24, 2.45) is 0 Å². The van der Waals surface area contributed by atoms with E-state index in [4.69, 9.17) is 4.98 Å². The van der Waals surface area contributed by atoms with Gasteiger partial charge in [-0.05, 0) is 75.9 Å². The predicted octanol–water partition coefficient (Wildman–Crippen LogP) is 3.48. The summed E-state index contributed by atoms with van der Waals surface area (Å²) in [6.07, 6.45) is 6.92. The number of hydrogen-bond acceptors (Lipinski definition) is 8. The Morgan fingerprint density at radius 2 is 1.87 bits per heavy atom. The molecule has 200 valence electrons. The third-order valence-corrected chi connectivity index (χ3v) is 9.26. The third kappa shape index (κ3) is 3.70. The Kier molecular flexibility index (Phi) is 5.14. The fraction of sp³-hybridized carbons (Fsp3) is 0.517. The van der Waals surface area contributed by atoms with Crippen molar-refractivity contribution in [3.8, 4) is 28.8 Å². The molecule has 6 heterocycles. The zero-order chi connectivity index (χ0) is 26.3. The minimum absolute atomic E-state index is 0.0208. The van der Waals surface area contributed by atoms with E-state index in [1.54, 1.807) is 0 Å². The van der Waals surface area contributed by atoms with Gasteiger partial charge in [-0.1, -0.05) is 5.92 Å². The largest absolute Gasteiger partial charge is 0.508 e. The molecule has 1 aliphatic carbocycles. The standard InChI is InChI=1S/C29H29F2N7O/c30-21-13-19(39)12-20(23(21)16-3-4-16)25-24(31)26-27(36-35-25)28(38-15-17-11-18(38)14-32-17)34-22(33-26)5-8-29-6-1-9-37(29)10-2-7-29/h12-13,16-18,32,39H,1-4,6-7,9-11,14-15H2/t17-,18-/m1/s1. The van der Waals surface area contributed by atoms with Gasteiger partial charge in [0.1, 0.15) is 22.8 Å². The summed E-state index contributed by atoms with van der Waals surface area (Å²) in [6, 6.07) is 3.03. The maximum Gasteiger partial charge on any atom is 0.207 e. The Balaban J connectivity index is 1.30. The van der Waals surface area contributed by atoms with Gasteiger partial charge in [0.15, 0.2) is 17.2 Å². The first kappa shape index (κ1) is 23.5. The predicted molar refractivity (Wildman–Crippen MR) is 141 cm³/mol. The van der Waals surface area contributed by atoms with E-state index in [1.165, 1.54) is 6.07 Å². The maximum absolute atomic E-state index is 16.4. The van der Waals surface area contributed by atoms with E-state index in [-0.39, 0.29) is 51.4 Å². The molecule has 10 heteroatoms. The molecule has 4 aliphatic heterocycles. The first-order chi connectivity index (χ1) is 19.0. The minimum Gasteiger partial charge on any atom is -0.508 e. The summed E-state index contributed by atoms with van der Waals surface area (Å²) in [5, 5.41) is 22.3. The van der Waals surface area contributed by atoms with Gasteiger partial charge in [0, 0.05) is 42.4 Å². The van der Waals surface area contributed by atoms with Gasteiger partial charge in [-0.15, -0.1) is 10.2 Å². The van der Waals surface area contributed by atoms with Crippen LogP contribution < -0.4 is 10.2 Å². The minimum atomic E-state index is -0.692. The number of piperazine rings is 1. The maximum atomic E-state index is 16.4. The number of fused-ring (bicyclic) bond motifs is 4. The molecule has 2 N–H and O–H groups in total. The highest BCUT2D eigenvalue weighted by atomic mass is 19.1. The molecule has 1 aromatic carbocycles.